The molecule has 2 aliphatic heterocycles. The van der Waals surface area contributed by atoms with Crippen LogP contribution in [0.4, 0.5) is 8.78 Å². The minimum absolute atomic E-state index is 0.0765. The summed E-state index contributed by atoms with van der Waals surface area (Å²) < 4.78 is 38.4. The van der Waals surface area contributed by atoms with Gasteiger partial charge in [-0.3, -0.25) is 4.99 Å². The van der Waals surface area contributed by atoms with Crippen LogP contribution < -0.4 is 4.74 Å². The number of hydrogen-bond donors (Lipinski definition) is 0. The normalized spacial score (nSPS) is 16.3. The predicted molar refractivity (Wildman–Crippen MR) is 98.2 cm³/mol. The van der Waals surface area contributed by atoms with E-state index in [1.54, 1.807) is 6.07 Å². The number of rotatable bonds is 4. The first-order valence-corrected chi connectivity index (χ1v) is 8.83. The molecule has 0 radical (unpaired) electrons. The molecule has 0 unspecified atom stereocenters. The highest BCUT2D eigenvalue weighted by molar-refractivity contribution is 6.01. The lowest BCUT2D eigenvalue weighted by atomic mass is 10.2. The second-order valence-electron chi connectivity index (χ2n) is 6.39. The largest absolute Gasteiger partial charge is 0.476 e. The number of benzene rings is 2. The summed E-state index contributed by atoms with van der Waals surface area (Å²) in [7, 11) is 0. The molecule has 140 valence electrons. The highest BCUT2D eigenvalue weighted by Gasteiger charge is 2.22. The van der Waals surface area contributed by atoms with E-state index in [1.165, 1.54) is 36.4 Å². The standard InChI is InChI=1S/C20H19F2N3O2/c21-15-3-5-16(6-4-15)27-18-7-2-14(10-17(18)22)12-26-20-11-19-23-8-1-9-25(19)13-24-20/h2-7,10H,1,8-9,11-13H2. The molecule has 0 fully saturated rings. The van der Waals surface area contributed by atoms with E-state index < -0.39 is 5.82 Å². The second-order valence-corrected chi connectivity index (χ2v) is 6.39. The molecule has 2 aromatic carbocycles. The second kappa shape index (κ2) is 7.73. The Kier molecular flexibility index (Phi) is 5.00. The van der Waals surface area contributed by atoms with Crippen molar-refractivity contribution in [1.29, 1.82) is 0 Å². The molecule has 0 amide bonds. The number of aliphatic imine (C=N–C) groups is 2. The van der Waals surface area contributed by atoms with Gasteiger partial charge in [0.1, 0.15) is 30.7 Å². The highest BCUT2D eigenvalue weighted by atomic mass is 19.1. The molecule has 0 bridgehead atoms. The summed E-state index contributed by atoms with van der Waals surface area (Å²) in [6, 6.07) is 10.1. The maximum atomic E-state index is 14.3. The molecule has 5 nitrogen and oxygen atoms in total. The minimum atomic E-state index is -0.506. The van der Waals surface area contributed by atoms with Crippen LogP contribution in [0.25, 0.3) is 0 Å². The van der Waals surface area contributed by atoms with Crippen LogP contribution in [0.2, 0.25) is 0 Å². The Bertz CT molecular complexity index is 881. The smallest absolute Gasteiger partial charge is 0.193 e. The molecular formula is C20H19F2N3O2. The van der Waals surface area contributed by atoms with Gasteiger partial charge in [0, 0.05) is 13.1 Å². The predicted octanol–water partition coefficient (Wildman–Crippen LogP) is 4.14. The molecule has 0 saturated heterocycles. The number of fused-ring (bicyclic) bond motifs is 1. The van der Waals surface area contributed by atoms with Crippen LogP contribution in [0.5, 0.6) is 11.5 Å². The zero-order chi connectivity index (χ0) is 18.6. The fraction of sp³-hybridized carbons (Fsp3) is 0.300. The molecule has 7 heteroatoms. The average Bonchev–Trinajstić information content (AvgIpc) is 2.70. The van der Waals surface area contributed by atoms with Crippen LogP contribution in [0.15, 0.2) is 52.4 Å². The van der Waals surface area contributed by atoms with Crippen LogP contribution >= 0.6 is 0 Å². The first kappa shape index (κ1) is 17.5. The van der Waals surface area contributed by atoms with Crippen LogP contribution in [0.3, 0.4) is 0 Å². The zero-order valence-corrected chi connectivity index (χ0v) is 14.7. The molecule has 0 spiro atoms. The van der Waals surface area contributed by atoms with Gasteiger partial charge >= 0.3 is 0 Å². The summed E-state index contributed by atoms with van der Waals surface area (Å²) in [5.41, 5.74) is 0.676. The lowest BCUT2D eigenvalue weighted by Gasteiger charge is -2.31. The molecule has 27 heavy (non-hydrogen) atoms. The van der Waals surface area contributed by atoms with Crippen molar-refractivity contribution in [3.63, 3.8) is 0 Å². The summed E-state index contributed by atoms with van der Waals surface area (Å²) in [6.07, 6.45) is 1.63. The van der Waals surface area contributed by atoms with Crippen molar-refractivity contribution < 1.29 is 18.3 Å². The summed E-state index contributed by atoms with van der Waals surface area (Å²) >= 11 is 0. The van der Waals surface area contributed by atoms with E-state index in [4.69, 9.17) is 9.47 Å². The van der Waals surface area contributed by atoms with Gasteiger partial charge < -0.3 is 14.4 Å². The van der Waals surface area contributed by atoms with Gasteiger partial charge in [0.25, 0.3) is 0 Å². The van der Waals surface area contributed by atoms with E-state index >= 15 is 0 Å². The Labute approximate surface area is 156 Å². The van der Waals surface area contributed by atoms with Crippen molar-refractivity contribution in [2.75, 3.05) is 19.8 Å². The molecular weight excluding hydrogens is 352 g/mol. The third-order valence-corrected chi connectivity index (χ3v) is 4.42. The molecule has 0 atom stereocenters. The Morgan fingerprint density at radius 1 is 1.04 bits per heavy atom. The molecule has 0 N–H and O–H groups in total. The number of ether oxygens (including phenoxy) is 2. The SMILES string of the molecule is Fc1ccc(Oc2ccc(COC3=NCN4CCCN=C4C3)cc2F)cc1. The number of halogens is 2. The van der Waals surface area contributed by atoms with Gasteiger partial charge in [0.15, 0.2) is 17.5 Å². The quantitative estimate of drug-likeness (QED) is 0.812. The van der Waals surface area contributed by atoms with Gasteiger partial charge in [0.2, 0.25) is 0 Å². The van der Waals surface area contributed by atoms with Gasteiger partial charge in [-0.05, 0) is 48.4 Å². The molecule has 2 heterocycles. The number of amidine groups is 1. The van der Waals surface area contributed by atoms with Crippen molar-refractivity contribution in [2.45, 2.75) is 19.4 Å². The average molecular weight is 371 g/mol. The Hall–Kier alpha value is -2.96. The maximum Gasteiger partial charge on any atom is 0.193 e. The lowest BCUT2D eigenvalue weighted by Crippen LogP contribution is -2.40. The number of nitrogens with zero attached hydrogens (tertiary/aromatic N) is 3. The van der Waals surface area contributed by atoms with Crippen molar-refractivity contribution >= 4 is 11.7 Å². The topological polar surface area (TPSA) is 46.4 Å². The van der Waals surface area contributed by atoms with Crippen molar-refractivity contribution in [1.82, 2.24) is 4.90 Å². The fourth-order valence-electron chi connectivity index (χ4n) is 2.98. The molecule has 2 aromatic rings. The Morgan fingerprint density at radius 2 is 1.89 bits per heavy atom. The Balaban J connectivity index is 1.37. The van der Waals surface area contributed by atoms with E-state index in [0.717, 1.165) is 25.3 Å². The molecule has 0 aromatic heterocycles. The first-order chi connectivity index (χ1) is 13.2. The van der Waals surface area contributed by atoms with Gasteiger partial charge in [-0.15, -0.1) is 0 Å². The summed E-state index contributed by atoms with van der Waals surface area (Å²) in [6.45, 7) is 2.61. The lowest BCUT2D eigenvalue weighted by molar-refractivity contribution is 0.272. The summed E-state index contributed by atoms with van der Waals surface area (Å²) in [5, 5.41) is 0. The van der Waals surface area contributed by atoms with Crippen molar-refractivity contribution in [2.24, 2.45) is 9.98 Å². The highest BCUT2D eigenvalue weighted by Crippen LogP contribution is 2.25. The fourth-order valence-corrected chi connectivity index (χ4v) is 2.98. The third kappa shape index (κ3) is 4.24. The van der Waals surface area contributed by atoms with Crippen molar-refractivity contribution in [3.8, 4) is 11.5 Å². The van der Waals surface area contributed by atoms with E-state index in [1.807, 2.05) is 0 Å². The summed E-state index contributed by atoms with van der Waals surface area (Å²) in [5.74, 6) is 1.21. The van der Waals surface area contributed by atoms with E-state index in [2.05, 4.69) is 14.9 Å². The molecule has 0 aliphatic carbocycles. The monoisotopic (exact) mass is 371 g/mol. The molecule has 0 saturated carbocycles. The van der Waals surface area contributed by atoms with Crippen LogP contribution in [0, 0.1) is 11.6 Å². The van der Waals surface area contributed by atoms with Crippen LogP contribution in [0.1, 0.15) is 18.4 Å². The van der Waals surface area contributed by atoms with Crippen LogP contribution in [-0.4, -0.2) is 36.4 Å². The van der Waals surface area contributed by atoms with Gasteiger partial charge in [0.05, 0.1) is 6.42 Å². The molecule has 2 aliphatic rings. The number of hydrogen-bond acceptors (Lipinski definition) is 5. The zero-order valence-electron chi connectivity index (χ0n) is 14.7. The van der Waals surface area contributed by atoms with Crippen LogP contribution in [-0.2, 0) is 11.3 Å². The Morgan fingerprint density at radius 3 is 2.70 bits per heavy atom. The first-order valence-electron chi connectivity index (χ1n) is 8.83. The van der Waals surface area contributed by atoms with Crippen molar-refractivity contribution in [3.05, 3.63) is 59.7 Å². The van der Waals surface area contributed by atoms with E-state index in [9.17, 15) is 8.78 Å². The van der Waals surface area contributed by atoms with E-state index in [0.29, 0.717) is 30.3 Å². The van der Waals surface area contributed by atoms with Gasteiger partial charge in [-0.2, -0.15) is 0 Å². The van der Waals surface area contributed by atoms with Gasteiger partial charge in [-0.1, -0.05) is 6.07 Å². The van der Waals surface area contributed by atoms with E-state index in [-0.39, 0.29) is 18.2 Å². The minimum Gasteiger partial charge on any atom is -0.476 e. The summed E-state index contributed by atoms with van der Waals surface area (Å²) in [4.78, 5) is 11.1. The third-order valence-electron chi connectivity index (χ3n) is 4.42. The van der Waals surface area contributed by atoms with Gasteiger partial charge in [-0.25, -0.2) is 13.8 Å². The maximum absolute atomic E-state index is 14.3. The molecule has 4 rings (SSSR count).